The summed E-state index contributed by atoms with van der Waals surface area (Å²) in [5.41, 5.74) is 0.849. The summed E-state index contributed by atoms with van der Waals surface area (Å²) in [4.78, 5) is 31.2. The first-order chi connectivity index (χ1) is 14.2. The van der Waals surface area contributed by atoms with E-state index in [1.54, 1.807) is 51.2 Å². The number of nitrogens with one attached hydrogen (secondary N) is 2. The van der Waals surface area contributed by atoms with Gasteiger partial charge in [-0.1, -0.05) is 12.1 Å². The summed E-state index contributed by atoms with van der Waals surface area (Å²) < 4.78 is 15.2. The van der Waals surface area contributed by atoms with Crippen LogP contribution in [0, 0.1) is 5.82 Å². The zero-order valence-corrected chi connectivity index (χ0v) is 18.4. The predicted molar refractivity (Wildman–Crippen MR) is 118 cm³/mol. The van der Waals surface area contributed by atoms with E-state index in [0.29, 0.717) is 27.1 Å². The molecule has 0 radical (unpaired) electrons. The number of benzodiazepines with no additional fused rings is 1. The SMILES string of the molecule is CN1C(=O)C(C)(C)N=C(c2ccccc2F)c2c1ccc(NC(=O)NCCO)c2Br. The molecule has 0 atom stereocenters. The molecule has 0 aromatic heterocycles. The Hall–Kier alpha value is -2.78. The molecule has 7 nitrogen and oxygen atoms in total. The molecule has 0 bridgehead atoms. The van der Waals surface area contributed by atoms with E-state index in [2.05, 4.69) is 31.6 Å². The summed E-state index contributed by atoms with van der Waals surface area (Å²) in [5, 5.41) is 14.1. The number of hydrogen-bond donors (Lipinski definition) is 3. The van der Waals surface area contributed by atoms with Crippen molar-refractivity contribution in [3.8, 4) is 0 Å². The van der Waals surface area contributed by atoms with Crippen molar-refractivity contribution in [3.05, 3.63) is 57.8 Å². The van der Waals surface area contributed by atoms with Crippen molar-refractivity contribution >= 4 is 45.0 Å². The van der Waals surface area contributed by atoms with E-state index in [4.69, 9.17) is 5.11 Å². The lowest BCUT2D eigenvalue weighted by Gasteiger charge is -2.24. The minimum absolute atomic E-state index is 0.0990. The highest BCUT2D eigenvalue weighted by atomic mass is 79.9. The molecule has 0 spiro atoms. The number of aliphatic imine (C=N–C) groups is 1. The number of nitrogens with zero attached hydrogens (tertiary/aromatic N) is 2. The van der Waals surface area contributed by atoms with E-state index in [-0.39, 0.29) is 24.6 Å². The average molecular weight is 477 g/mol. The van der Waals surface area contributed by atoms with Gasteiger partial charge in [-0.2, -0.15) is 0 Å². The molecule has 158 valence electrons. The van der Waals surface area contributed by atoms with Gasteiger partial charge in [0.25, 0.3) is 5.91 Å². The summed E-state index contributed by atoms with van der Waals surface area (Å²) in [7, 11) is 1.64. The van der Waals surface area contributed by atoms with Crippen molar-refractivity contribution in [2.75, 3.05) is 30.4 Å². The van der Waals surface area contributed by atoms with Gasteiger partial charge in [-0.05, 0) is 54.0 Å². The van der Waals surface area contributed by atoms with Crippen LogP contribution in [0.4, 0.5) is 20.6 Å². The van der Waals surface area contributed by atoms with Gasteiger partial charge in [0.15, 0.2) is 0 Å². The van der Waals surface area contributed by atoms with Crippen molar-refractivity contribution in [1.82, 2.24) is 5.32 Å². The second-order valence-corrected chi connectivity index (χ2v) is 8.08. The standard InChI is InChI=1S/C21H22BrFN4O3/c1-21(2)19(29)27(3)15-9-8-14(25-20(30)24-10-11-28)17(22)16(15)18(26-21)12-6-4-5-7-13(12)23/h4-9,28H,10-11H2,1-3H3,(H2,24,25,30). The Bertz CT molecular complexity index is 1040. The number of fused-ring (bicyclic) bond motifs is 1. The van der Waals surface area contributed by atoms with E-state index in [0.717, 1.165) is 0 Å². The third-order valence-corrected chi connectivity index (χ3v) is 5.54. The van der Waals surface area contributed by atoms with Crippen LogP contribution in [0.5, 0.6) is 0 Å². The highest BCUT2D eigenvalue weighted by Gasteiger charge is 2.37. The van der Waals surface area contributed by atoms with Gasteiger partial charge < -0.3 is 20.6 Å². The Morgan fingerprint density at radius 1 is 1.27 bits per heavy atom. The molecule has 0 saturated heterocycles. The summed E-state index contributed by atoms with van der Waals surface area (Å²) in [6.45, 7) is 3.26. The number of carbonyl (C=O) groups excluding carboxylic acids is 2. The predicted octanol–water partition coefficient (Wildman–Crippen LogP) is 3.29. The number of aliphatic hydroxyl groups is 1. The second-order valence-electron chi connectivity index (χ2n) is 7.29. The number of hydrogen-bond acceptors (Lipinski definition) is 4. The summed E-state index contributed by atoms with van der Waals surface area (Å²) in [6.07, 6.45) is 0. The van der Waals surface area contributed by atoms with Crippen molar-refractivity contribution < 1.29 is 19.1 Å². The van der Waals surface area contributed by atoms with Crippen LogP contribution in [0.25, 0.3) is 0 Å². The van der Waals surface area contributed by atoms with Gasteiger partial charge in [0.05, 0.1) is 28.2 Å². The summed E-state index contributed by atoms with van der Waals surface area (Å²) in [6, 6.07) is 9.02. The van der Waals surface area contributed by atoms with E-state index in [1.807, 2.05) is 0 Å². The minimum atomic E-state index is -1.13. The van der Waals surface area contributed by atoms with Crippen LogP contribution in [-0.4, -0.2) is 48.5 Å². The third-order valence-electron chi connectivity index (χ3n) is 4.71. The van der Waals surface area contributed by atoms with E-state index >= 15 is 0 Å². The van der Waals surface area contributed by atoms with Gasteiger partial charge in [0.1, 0.15) is 11.4 Å². The van der Waals surface area contributed by atoms with Crippen LogP contribution in [0.2, 0.25) is 0 Å². The van der Waals surface area contributed by atoms with E-state index in [9.17, 15) is 14.0 Å². The number of likely N-dealkylation sites (N-methyl/N-ethyl adjacent to an activating group) is 1. The maximum absolute atomic E-state index is 14.7. The lowest BCUT2D eigenvalue weighted by molar-refractivity contribution is -0.122. The number of rotatable bonds is 4. The summed E-state index contributed by atoms with van der Waals surface area (Å²) >= 11 is 3.51. The van der Waals surface area contributed by atoms with Crippen molar-refractivity contribution in [3.63, 3.8) is 0 Å². The highest BCUT2D eigenvalue weighted by molar-refractivity contribution is 9.10. The fraction of sp³-hybridized carbons (Fsp3) is 0.286. The smallest absolute Gasteiger partial charge is 0.319 e. The van der Waals surface area contributed by atoms with Gasteiger partial charge in [0, 0.05) is 24.7 Å². The highest BCUT2D eigenvalue weighted by Crippen LogP contribution is 2.39. The molecule has 9 heteroatoms. The Balaban J connectivity index is 2.23. The molecule has 2 aromatic rings. The minimum Gasteiger partial charge on any atom is -0.395 e. The van der Waals surface area contributed by atoms with Crippen molar-refractivity contribution in [1.29, 1.82) is 0 Å². The molecule has 3 amide bonds. The van der Waals surface area contributed by atoms with Crippen LogP contribution in [-0.2, 0) is 4.79 Å². The number of amides is 3. The normalized spacial score (nSPS) is 15.2. The molecule has 30 heavy (non-hydrogen) atoms. The topological polar surface area (TPSA) is 94.0 Å². The Kier molecular flexibility index (Phi) is 6.23. The molecule has 3 N–H and O–H groups in total. The van der Waals surface area contributed by atoms with Gasteiger partial charge in [0.2, 0.25) is 0 Å². The zero-order chi connectivity index (χ0) is 22.1. The molecule has 0 unspecified atom stereocenters. The van der Waals surface area contributed by atoms with Crippen LogP contribution in [0.3, 0.4) is 0 Å². The molecular formula is C21H22BrFN4O3. The monoisotopic (exact) mass is 476 g/mol. The lowest BCUT2D eigenvalue weighted by Crippen LogP contribution is -2.41. The maximum Gasteiger partial charge on any atom is 0.319 e. The fourth-order valence-electron chi connectivity index (χ4n) is 3.25. The number of halogens is 2. The number of benzene rings is 2. The number of urea groups is 1. The fourth-order valence-corrected chi connectivity index (χ4v) is 3.88. The Morgan fingerprint density at radius 2 is 1.97 bits per heavy atom. The Labute approximate surface area is 182 Å². The largest absolute Gasteiger partial charge is 0.395 e. The van der Waals surface area contributed by atoms with Gasteiger partial charge in [-0.25, -0.2) is 9.18 Å². The van der Waals surface area contributed by atoms with Crippen LogP contribution in [0.15, 0.2) is 45.9 Å². The molecule has 1 aliphatic rings. The van der Waals surface area contributed by atoms with E-state index < -0.39 is 17.4 Å². The zero-order valence-electron chi connectivity index (χ0n) is 16.8. The molecule has 0 aliphatic carbocycles. The molecule has 1 heterocycles. The first kappa shape index (κ1) is 21.9. The molecule has 3 rings (SSSR count). The van der Waals surface area contributed by atoms with Crippen LogP contribution >= 0.6 is 15.9 Å². The molecule has 0 fully saturated rings. The second kappa shape index (κ2) is 8.53. The van der Waals surface area contributed by atoms with Crippen molar-refractivity contribution in [2.24, 2.45) is 4.99 Å². The number of carbonyl (C=O) groups is 2. The number of aliphatic hydroxyl groups excluding tert-OH is 1. The maximum atomic E-state index is 14.7. The first-order valence-electron chi connectivity index (χ1n) is 9.29. The third kappa shape index (κ3) is 4.08. The quantitative estimate of drug-likeness (QED) is 0.631. The van der Waals surface area contributed by atoms with Crippen LogP contribution < -0.4 is 15.5 Å². The van der Waals surface area contributed by atoms with Gasteiger partial charge >= 0.3 is 6.03 Å². The average Bonchev–Trinajstić information content (AvgIpc) is 2.78. The number of anilines is 2. The van der Waals surface area contributed by atoms with Gasteiger partial charge in [-0.15, -0.1) is 0 Å². The Morgan fingerprint density at radius 3 is 2.63 bits per heavy atom. The van der Waals surface area contributed by atoms with Crippen molar-refractivity contribution in [2.45, 2.75) is 19.4 Å². The molecular weight excluding hydrogens is 455 g/mol. The van der Waals surface area contributed by atoms with Gasteiger partial charge in [-0.3, -0.25) is 9.79 Å². The van der Waals surface area contributed by atoms with E-state index in [1.165, 1.54) is 11.0 Å². The molecule has 1 aliphatic heterocycles. The van der Waals surface area contributed by atoms with Crippen LogP contribution in [0.1, 0.15) is 25.0 Å². The molecule has 2 aromatic carbocycles. The first-order valence-corrected chi connectivity index (χ1v) is 10.1. The summed E-state index contributed by atoms with van der Waals surface area (Å²) in [5.74, 6) is -0.718. The molecule has 0 saturated carbocycles. The lowest BCUT2D eigenvalue weighted by atomic mass is 9.98.